The van der Waals surface area contributed by atoms with Crippen molar-refractivity contribution in [2.75, 3.05) is 0 Å². The van der Waals surface area contributed by atoms with Crippen LogP contribution < -0.4 is 0 Å². The average Bonchev–Trinajstić information content (AvgIpc) is 2.57. The molecule has 1 aromatic rings. The Morgan fingerprint density at radius 3 is 2.83 bits per heavy atom. The molecule has 1 aliphatic rings. The van der Waals surface area contributed by atoms with Gasteiger partial charge < -0.3 is 5.11 Å². The second-order valence-corrected chi connectivity index (χ2v) is 6.10. The Balaban J connectivity index is 1.84. The van der Waals surface area contributed by atoms with Crippen molar-refractivity contribution in [3.8, 4) is 0 Å². The van der Waals surface area contributed by atoms with Crippen LogP contribution in [0.3, 0.4) is 0 Å². The summed E-state index contributed by atoms with van der Waals surface area (Å²) >= 11 is 3.37. The Morgan fingerprint density at radius 1 is 1.44 bits per heavy atom. The van der Waals surface area contributed by atoms with Gasteiger partial charge in [0.15, 0.2) is 0 Å². The molecule has 1 aliphatic carbocycles. The summed E-state index contributed by atoms with van der Waals surface area (Å²) in [4.78, 5) is 0. The van der Waals surface area contributed by atoms with Gasteiger partial charge in [-0.1, -0.05) is 28.1 Å². The van der Waals surface area contributed by atoms with Crippen LogP contribution in [0.2, 0.25) is 0 Å². The molecule has 1 aromatic carbocycles. The molecule has 0 bridgehead atoms. The van der Waals surface area contributed by atoms with Gasteiger partial charge in [0.05, 0.1) is 6.10 Å². The lowest BCUT2D eigenvalue weighted by molar-refractivity contribution is 0.00264. The molecule has 0 heterocycles. The van der Waals surface area contributed by atoms with Crippen LogP contribution in [-0.4, -0.2) is 17.1 Å². The van der Waals surface area contributed by atoms with E-state index in [1.165, 1.54) is 0 Å². The van der Waals surface area contributed by atoms with Crippen LogP contribution in [0.4, 0.5) is 8.78 Å². The Morgan fingerprint density at radius 2 is 2.22 bits per heavy atom. The zero-order chi connectivity index (χ0) is 13.2. The van der Waals surface area contributed by atoms with Gasteiger partial charge in [-0.25, -0.2) is 8.78 Å². The molecule has 2 rings (SSSR count). The highest BCUT2D eigenvalue weighted by molar-refractivity contribution is 9.10. The molecular weight excluding hydrogens is 302 g/mol. The van der Waals surface area contributed by atoms with Crippen molar-refractivity contribution >= 4 is 15.9 Å². The molecule has 0 aliphatic heterocycles. The van der Waals surface area contributed by atoms with Crippen molar-refractivity contribution in [3.05, 3.63) is 34.3 Å². The fourth-order valence-corrected chi connectivity index (χ4v) is 3.09. The second-order valence-electron chi connectivity index (χ2n) is 5.19. The Hall–Kier alpha value is -0.480. The van der Waals surface area contributed by atoms with E-state index in [1.54, 1.807) is 0 Å². The van der Waals surface area contributed by atoms with Gasteiger partial charge in [0, 0.05) is 17.3 Å². The number of benzene rings is 1. The van der Waals surface area contributed by atoms with Crippen LogP contribution in [0.1, 0.15) is 31.2 Å². The van der Waals surface area contributed by atoms with Crippen molar-refractivity contribution in [2.45, 2.75) is 44.1 Å². The molecule has 2 atom stereocenters. The van der Waals surface area contributed by atoms with Crippen molar-refractivity contribution in [3.63, 3.8) is 0 Å². The fourth-order valence-electron chi connectivity index (χ4n) is 2.65. The van der Waals surface area contributed by atoms with E-state index in [-0.39, 0.29) is 18.8 Å². The Bertz CT molecular complexity index is 409. The molecule has 18 heavy (non-hydrogen) atoms. The largest absolute Gasteiger partial charge is 0.393 e. The van der Waals surface area contributed by atoms with Gasteiger partial charge in [-0.3, -0.25) is 0 Å². The van der Waals surface area contributed by atoms with Crippen LogP contribution in [0.25, 0.3) is 0 Å². The van der Waals surface area contributed by atoms with Crippen LogP contribution >= 0.6 is 15.9 Å². The molecule has 4 heteroatoms. The number of halogens is 3. The molecular formula is C14H17BrF2O. The Labute approximate surface area is 114 Å². The summed E-state index contributed by atoms with van der Waals surface area (Å²) < 4.78 is 27.0. The number of aliphatic hydroxyl groups is 1. The first-order valence-corrected chi connectivity index (χ1v) is 7.04. The smallest absolute Gasteiger partial charge is 0.248 e. The van der Waals surface area contributed by atoms with Crippen molar-refractivity contribution < 1.29 is 13.9 Å². The van der Waals surface area contributed by atoms with E-state index in [2.05, 4.69) is 15.9 Å². The highest BCUT2D eigenvalue weighted by Crippen LogP contribution is 2.40. The standard InChI is InChI=1S/C14H17BrF2O/c15-12-3-1-2-10(6-12)7-13(18)8-11-4-5-14(16,17)9-11/h1-3,6,11,13,18H,4-5,7-9H2. The first-order chi connectivity index (χ1) is 8.44. The van der Waals surface area contributed by atoms with Crippen LogP contribution in [0, 0.1) is 5.92 Å². The number of hydrogen-bond acceptors (Lipinski definition) is 1. The SMILES string of the molecule is OC(Cc1cccc(Br)c1)CC1CCC(F)(F)C1. The maximum atomic E-state index is 13.0. The normalized spacial score (nSPS) is 24.1. The molecule has 0 saturated heterocycles. The topological polar surface area (TPSA) is 20.2 Å². The van der Waals surface area contributed by atoms with Crippen molar-refractivity contribution in [2.24, 2.45) is 5.92 Å². The maximum Gasteiger partial charge on any atom is 0.248 e. The summed E-state index contributed by atoms with van der Waals surface area (Å²) in [5, 5.41) is 9.96. The summed E-state index contributed by atoms with van der Waals surface area (Å²) in [6.45, 7) is 0. The van der Waals surface area contributed by atoms with Crippen molar-refractivity contribution in [1.29, 1.82) is 0 Å². The lowest BCUT2D eigenvalue weighted by Gasteiger charge is -2.16. The predicted octanol–water partition coefficient (Wildman–Crippen LogP) is 4.18. The minimum absolute atomic E-state index is 0.0265. The average molecular weight is 319 g/mol. The van der Waals surface area contributed by atoms with E-state index in [0.29, 0.717) is 19.3 Å². The maximum absolute atomic E-state index is 13.0. The van der Waals surface area contributed by atoms with E-state index in [1.807, 2.05) is 24.3 Å². The second kappa shape index (κ2) is 5.66. The molecule has 2 unspecified atom stereocenters. The lowest BCUT2D eigenvalue weighted by atomic mass is 9.96. The third-order valence-corrected chi connectivity index (χ3v) is 3.96. The molecule has 1 saturated carbocycles. The number of alkyl halides is 2. The first kappa shape index (κ1) is 13.9. The molecule has 0 aromatic heterocycles. The van der Waals surface area contributed by atoms with Crippen LogP contribution in [0.5, 0.6) is 0 Å². The molecule has 0 radical (unpaired) electrons. The minimum Gasteiger partial charge on any atom is -0.393 e. The number of hydrogen-bond donors (Lipinski definition) is 1. The van der Waals surface area contributed by atoms with E-state index in [0.717, 1.165) is 10.0 Å². The van der Waals surface area contributed by atoms with Gasteiger partial charge in [0.2, 0.25) is 5.92 Å². The molecule has 0 amide bonds. The first-order valence-electron chi connectivity index (χ1n) is 6.25. The van der Waals surface area contributed by atoms with Gasteiger partial charge in [-0.2, -0.15) is 0 Å². The molecule has 1 fully saturated rings. The lowest BCUT2D eigenvalue weighted by Crippen LogP contribution is -2.16. The van der Waals surface area contributed by atoms with E-state index in [4.69, 9.17) is 0 Å². The van der Waals surface area contributed by atoms with E-state index >= 15 is 0 Å². The zero-order valence-electron chi connectivity index (χ0n) is 10.1. The summed E-state index contributed by atoms with van der Waals surface area (Å²) in [6, 6.07) is 7.73. The number of aliphatic hydroxyl groups excluding tert-OH is 1. The molecule has 0 spiro atoms. The minimum atomic E-state index is -2.51. The monoisotopic (exact) mass is 318 g/mol. The highest BCUT2D eigenvalue weighted by Gasteiger charge is 2.39. The zero-order valence-corrected chi connectivity index (χ0v) is 11.7. The third kappa shape index (κ3) is 4.02. The fraction of sp³-hybridized carbons (Fsp3) is 0.571. The summed E-state index contributed by atoms with van der Waals surface area (Å²) in [5.74, 6) is -2.55. The van der Waals surface area contributed by atoms with E-state index in [9.17, 15) is 13.9 Å². The molecule has 100 valence electrons. The molecule has 1 N–H and O–H groups in total. The van der Waals surface area contributed by atoms with Gasteiger partial charge >= 0.3 is 0 Å². The summed E-state index contributed by atoms with van der Waals surface area (Å²) in [7, 11) is 0. The van der Waals surface area contributed by atoms with Crippen LogP contribution in [0.15, 0.2) is 28.7 Å². The van der Waals surface area contributed by atoms with Gasteiger partial charge in [0.1, 0.15) is 0 Å². The van der Waals surface area contributed by atoms with Crippen LogP contribution in [-0.2, 0) is 6.42 Å². The Kier molecular flexibility index (Phi) is 4.38. The highest BCUT2D eigenvalue weighted by atomic mass is 79.9. The number of rotatable bonds is 4. The third-order valence-electron chi connectivity index (χ3n) is 3.47. The molecule has 1 nitrogen and oxygen atoms in total. The van der Waals surface area contributed by atoms with Gasteiger partial charge in [-0.05, 0) is 42.9 Å². The quantitative estimate of drug-likeness (QED) is 0.883. The predicted molar refractivity (Wildman–Crippen MR) is 70.8 cm³/mol. The van der Waals surface area contributed by atoms with E-state index < -0.39 is 12.0 Å². The summed E-state index contributed by atoms with van der Waals surface area (Å²) in [6.07, 6.45) is 0.911. The van der Waals surface area contributed by atoms with Crippen molar-refractivity contribution in [1.82, 2.24) is 0 Å². The van der Waals surface area contributed by atoms with Gasteiger partial charge in [0.25, 0.3) is 0 Å². The summed E-state index contributed by atoms with van der Waals surface area (Å²) in [5.41, 5.74) is 1.03. The van der Waals surface area contributed by atoms with Gasteiger partial charge in [-0.15, -0.1) is 0 Å².